The summed E-state index contributed by atoms with van der Waals surface area (Å²) in [6.07, 6.45) is 9.88. The number of H-pyrrole nitrogens is 1. The van der Waals surface area contributed by atoms with Gasteiger partial charge < -0.3 is 0 Å². The van der Waals surface area contributed by atoms with E-state index in [-0.39, 0.29) is 0 Å². The lowest BCUT2D eigenvalue weighted by Crippen LogP contribution is -2.10. The maximum Gasteiger partial charge on any atom is 0.158 e. The van der Waals surface area contributed by atoms with Crippen molar-refractivity contribution in [3.63, 3.8) is 0 Å². The highest BCUT2D eigenvalue weighted by Crippen LogP contribution is 2.45. The Labute approximate surface area is 134 Å². The maximum absolute atomic E-state index is 6.77. The summed E-state index contributed by atoms with van der Waals surface area (Å²) in [6, 6.07) is 0. The first-order valence-electron chi connectivity index (χ1n) is 7.98. The topological polar surface area (TPSA) is 41.6 Å². The van der Waals surface area contributed by atoms with Gasteiger partial charge in [-0.2, -0.15) is 5.10 Å². The van der Waals surface area contributed by atoms with Crippen LogP contribution >= 0.6 is 23.2 Å². The molecule has 2 aromatic heterocycles. The lowest BCUT2D eigenvalue weighted by atomic mass is 9.81. The maximum atomic E-state index is 6.77. The van der Waals surface area contributed by atoms with Gasteiger partial charge in [0.25, 0.3) is 0 Å². The second-order valence-corrected chi connectivity index (χ2v) is 7.16. The van der Waals surface area contributed by atoms with Crippen molar-refractivity contribution in [2.24, 2.45) is 0 Å². The van der Waals surface area contributed by atoms with Crippen molar-refractivity contribution in [2.75, 3.05) is 0 Å². The summed E-state index contributed by atoms with van der Waals surface area (Å²) in [6.45, 7) is 0. The molecule has 21 heavy (non-hydrogen) atoms. The predicted octanol–water partition coefficient (Wildman–Crippen LogP) is 5.58. The number of nitrogens with one attached hydrogen (secondary N) is 1. The van der Waals surface area contributed by atoms with E-state index in [2.05, 4.69) is 15.2 Å². The van der Waals surface area contributed by atoms with E-state index in [1.165, 1.54) is 51.4 Å². The first-order chi connectivity index (χ1) is 10.3. The standard InChI is InChI=1S/C16H19Cl2N3/c17-13-11(9-5-2-1-3-6-9)15(18)19-16-12(13)14(20-21-16)10-7-4-8-10/h9-10H,1-8H2,(H,19,20,21). The molecule has 2 heterocycles. The molecule has 0 atom stereocenters. The average molecular weight is 324 g/mol. The van der Waals surface area contributed by atoms with E-state index in [0.29, 0.717) is 17.0 Å². The summed E-state index contributed by atoms with van der Waals surface area (Å²) < 4.78 is 0. The van der Waals surface area contributed by atoms with E-state index < -0.39 is 0 Å². The minimum absolute atomic E-state index is 0.458. The summed E-state index contributed by atoms with van der Waals surface area (Å²) in [5, 5.41) is 9.87. The monoisotopic (exact) mass is 323 g/mol. The number of fused-ring (bicyclic) bond motifs is 1. The Morgan fingerprint density at radius 1 is 0.905 bits per heavy atom. The zero-order valence-corrected chi connectivity index (χ0v) is 13.5. The molecule has 0 radical (unpaired) electrons. The number of aromatic amines is 1. The van der Waals surface area contributed by atoms with Crippen molar-refractivity contribution < 1.29 is 0 Å². The van der Waals surface area contributed by atoms with Crippen molar-refractivity contribution in [1.29, 1.82) is 0 Å². The number of rotatable bonds is 2. The normalized spacial score (nSPS) is 20.9. The molecule has 0 unspecified atom stereocenters. The zero-order valence-electron chi connectivity index (χ0n) is 12.0. The quantitative estimate of drug-likeness (QED) is 0.733. The van der Waals surface area contributed by atoms with Crippen molar-refractivity contribution in [1.82, 2.24) is 15.2 Å². The second-order valence-electron chi connectivity index (χ2n) is 6.43. The van der Waals surface area contributed by atoms with Gasteiger partial charge in [-0.15, -0.1) is 0 Å². The highest BCUT2D eigenvalue weighted by molar-refractivity contribution is 6.39. The van der Waals surface area contributed by atoms with E-state index in [1.807, 2.05) is 0 Å². The molecule has 112 valence electrons. The van der Waals surface area contributed by atoms with Crippen LogP contribution in [0.15, 0.2) is 0 Å². The minimum atomic E-state index is 0.458. The van der Waals surface area contributed by atoms with Crippen LogP contribution in [0.1, 0.15) is 74.5 Å². The first kappa shape index (κ1) is 13.8. The van der Waals surface area contributed by atoms with Gasteiger partial charge in [0.2, 0.25) is 0 Å². The van der Waals surface area contributed by atoms with Gasteiger partial charge in [-0.3, -0.25) is 5.10 Å². The Bertz CT molecular complexity index is 670. The first-order valence-corrected chi connectivity index (χ1v) is 8.74. The van der Waals surface area contributed by atoms with Crippen LogP contribution < -0.4 is 0 Å². The van der Waals surface area contributed by atoms with Gasteiger partial charge in [0.05, 0.1) is 16.1 Å². The van der Waals surface area contributed by atoms with E-state index in [4.69, 9.17) is 23.2 Å². The molecule has 4 rings (SSSR count). The molecule has 0 amide bonds. The molecule has 0 aromatic carbocycles. The van der Waals surface area contributed by atoms with Crippen molar-refractivity contribution in [2.45, 2.75) is 63.2 Å². The van der Waals surface area contributed by atoms with Crippen LogP contribution in [-0.4, -0.2) is 15.2 Å². The van der Waals surface area contributed by atoms with Gasteiger partial charge >= 0.3 is 0 Å². The number of hydrogen-bond donors (Lipinski definition) is 1. The van der Waals surface area contributed by atoms with Gasteiger partial charge in [0, 0.05) is 11.5 Å². The van der Waals surface area contributed by atoms with Crippen LogP contribution in [0.5, 0.6) is 0 Å². The van der Waals surface area contributed by atoms with Crippen LogP contribution in [0.3, 0.4) is 0 Å². The molecule has 2 saturated carbocycles. The molecule has 2 fully saturated rings. The largest absolute Gasteiger partial charge is 0.260 e. The Balaban J connectivity index is 1.85. The summed E-state index contributed by atoms with van der Waals surface area (Å²) in [4.78, 5) is 4.54. The fourth-order valence-electron chi connectivity index (χ4n) is 3.74. The molecule has 5 heteroatoms. The summed E-state index contributed by atoms with van der Waals surface area (Å²) in [5.74, 6) is 0.998. The highest BCUT2D eigenvalue weighted by Gasteiger charge is 2.29. The van der Waals surface area contributed by atoms with E-state index in [1.54, 1.807) is 0 Å². The van der Waals surface area contributed by atoms with Gasteiger partial charge in [-0.1, -0.05) is 48.9 Å². The predicted molar refractivity (Wildman–Crippen MR) is 86.3 cm³/mol. The van der Waals surface area contributed by atoms with Gasteiger partial charge in [0.15, 0.2) is 5.65 Å². The second kappa shape index (κ2) is 5.44. The molecule has 0 spiro atoms. The molecule has 3 nitrogen and oxygen atoms in total. The number of nitrogens with zero attached hydrogens (tertiary/aromatic N) is 2. The molecule has 0 saturated heterocycles. The van der Waals surface area contributed by atoms with E-state index in [0.717, 1.165) is 27.3 Å². The molecule has 0 aliphatic heterocycles. The molecule has 2 aliphatic carbocycles. The smallest absolute Gasteiger partial charge is 0.158 e. The van der Waals surface area contributed by atoms with Crippen molar-refractivity contribution in [3.8, 4) is 0 Å². The van der Waals surface area contributed by atoms with Crippen LogP contribution in [0, 0.1) is 0 Å². The summed E-state index contributed by atoms with van der Waals surface area (Å²) in [7, 11) is 0. The van der Waals surface area contributed by atoms with Crippen LogP contribution in [0.2, 0.25) is 10.2 Å². The number of halogens is 2. The third-order valence-electron chi connectivity index (χ3n) is 5.17. The van der Waals surface area contributed by atoms with Crippen LogP contribution in [0.25, 0.3) is 11.0 Å². The van der Waals surface area contributed by atoms with Crippen molar-refractivity contribution in [3.05, 3.63) is 21.4 Å². The third-order valence-corrected chi connectivity index (χ3v) is 5.85. The lowest BCUT2D eigenvalue weighted by molar-refractivity contribution is 0.413. The average Bonchev–Trinajstić information content (AvgIpc) is 2.82. The highest BCUT2D eigenvalue weighted by atomic mass is 35.5. The van der Waals surface area contributed by atoms with E-state index >= 15 is 0 Å². The third kappa shape index (κ3) is 2.25. The Morgan fingerprint density at radius 2 is 1.62 bits per heavy atom. The Kier molecular flexibility index (Phi) is 3.58. The summed E-state index contributed by atoms with van der Waals surface area (Å²) >= 11 is 13.2. The number of pyridine rings is 1. The fourth-order valence-corrected chi connectivity index (χ4v) is 4.56. The summed E-state index contributed by atoms with van der Waals surface area (Å²) in [5.41, 5.74) is 2.90. The molecule has 0 bridgehead atoms. The zero-order chi connectivity index (χ0) is 14.4. The fraction of sp³-hybridized carbons (Fsp3) is 0.625. The van der Waals surface area contributed by atoms with E-state index in [9.17, 15) is 0 Å². The Morgan fingerprint density at radius 3 is 2.29 bits per heavy atom. The molecular formula is C16H19Cl2N3. The molecule has 2 aliphatic rings. The number of hydrogen-bond acceptors (Lipinski definition) is 2. The molecule has 2 aromatic rings. The SMILES string of the molecule is Clc1nc2[nH]nc(C3CCC3)c2c(Cl)c1C1CCCCC1. The van der Waals surface area contributed by atoms with Gasteiger partial charge in [0.1, 0.15) is 5.15 Å². The van der Waals surface area contributed by atoms with Gasteiger partial charge in [-0.25, -0.2) is 4.98 Å². The van der Waals surface area contributed by atoms with Crippen molar-refractivity contribution >= 4 is 34.2 Å². The number of aromatic nitrogens is 3. The van der Waals surface area contributed by atoms with Crippen LogP contribution in [-0.2, 0) is 0 Å². The minimum Gasteiger partial charge on any atom is -0.260 e. The molecular weight excluding hydrogens is 305 g/mol. The lowest BCUT2D eigenvalue weighted by Gasteiger charge is -2.26. The van der Waals surface area contributed by atoms with Crippen LogP contribution in [0.4, 0.5) is 0 Å². The Hall–Kier alpha value is -0.800. The van der Waals surface area contributed by atoms with Gasteiger partial charge in [-0.05, 0) is 31.6 Å². The molecule has 1 N–H and O–H groups in total.